The maximum absolute atomic E-state index is 9.13. The minimum atomic E-state index is -0.184. The van der Waals surface area contributed by atoms with E-state index in [9.17, 15) is 0 Å². The molecule has 0 atom stereocenters. The van der Waals surface area contributed by atoms with Gasteiger partial charge in [0.05, 0.1) is 28.4 Å². The average molecular weight is 656 g/mol. The number of benzene rings is 2. The van der Waals surface area contributed by atoms with Gasteiger partial charge in [0.15, 0.2) is 0 Å². The fraction of sp³-hybridized carbons (Fsp3) is 0.231. The summed E-state index contributed by atoms with van der Waals surface area (Å²) in [6.07, 6.45) is 17.4. The van der Waals surface area contributed by atoms with Crippen molar-refractivity contribution in [3.8, 4) is 45.9 Å². The van der Waals surface area contributed by atoms with Gasteiger partial charge in [-0.1, -0.05) is 48.0 Å². The molecule has 0 aliphatic heterocycles. The van der Waals surface area contributed by atoms with Crippen LogP contribution < -0.4 is 15.2 Å². The molecule has 3 aliphatic rings. The van der Waals surface area contributed by atoms with E-state index in [1.807, 2.05) is 60.9 Å². The number of aromatic nitrogens is 3. The van der Waals surface area contributed by atoms with Crippen molar-refractivity contribution in [3.63, 3.8) is 0 Å². The first-order chi connectivity index (χ1) is 23.0. The van der Waals surface area contributed by atoms with E-state index < -0.39 is 0 Å². The molecular formula is C39H36ClN6O2-. The zero-order chi connectivity index (χ0) is 32.6. The summed E-state index contributed by atoms with van der Waals surface area (Å²) in [6, 6.07) is 25.6. The van der Waals surface area contributed by atoms with Gasteiger partial charge in [0.25, 0.3) is 0 Å². The lowest BCUT2D eigenvalue weighted by Gasteiger charge is -2.17. The minimum absolute atomic E-state index is 0. The van der Waals surface area contributed by atoms with Crippen LogP contribution in [0.5, 0.6) is 11.5 Å². The second-order valence-corrected chi connectivity index (χ2v) is 12.1. The van der Waals surface area contributed by atoms with Gasteiger partial charge >= 0.3 is 0 Å². The van der Waals surface area contributed by atoms with E-state index in [4.69, 9.17) is 37.3 Å². The highest BCUT2D eigenvalue weighted by atomic mass is 35.5. The first-order valence-electron chi connectivity index (χ1n) is 15.6. The van der Waals surface area contributed by atoms with Crippen LogP contribution in [0.4, 0.5) is 0 Å². The van der Waals surface area contributed by atoms with Crippen molar-refractivity contribution < 1.29 is 9.47 Å². The first-order valence-corrected chi connectivity index (χ1v) is 16.0. The number of nitrogens with zero attached hydrogens (tertiary/aromatic N) is 5. The molecule has 0 spiro atoms. The van der Waals surface area contributed by atoms with Gasteiger partial charge in [-0.15, -0.1) is 0 Å². The van der Waals surface area contributed by atoms with Crippen molar-refractivity contribution in [1.82, 2.24) is 15.0 Å². The van der Waals surface area contributed by atoms with Gasteiger partial charge in [0.1, 0.15) is 23.6 Å². The number of hydrogen-bond acceptors (Lipinski definition) is 8. The quantitative estimate of drug-likeness (QED) is 0.173. The summed E-state index contributed by atoms with van der Waals surface area (Å²) >= 11 is 5.56. The Balaban J connectivity index is 0.000000149. The molecule has 0 bridgehead atoms. The van der Waals surface area contributed by atoms with Gasteiger partial charge in [0.2, 0.25) is 0 Å². The molecule has 242 valence electrons. The molecule has 8 rings (SSSR count). The summed E-state index contributed by atoms with van der Waals surface area (Å²) in [4.78, 5) is 12.0. The number of ether oxygens (including phenoxy) is 2. The predicted octanol–water partition coefficient (Wildman–Crippen LogP) is 8.46. The molecule has 8 nitrogen and oxygen atoms in total. The molecular weight excluding hydrogens is 620 g/mol. The average Bonchev–Trinajstić information content (AvgIpc) is 3.99. The minimum Gasteiger partial charge on any atom is -0.490 e. The van der Waals surface area contributed by atoms with Crippen molar-refractivity contribution in [2.75, 3.05) is 0 Å². The van der Waals surface area contributed by atoms with E-state index in [1.54, 1.807) is 24.7 Å². The number of para-hydroxylation sites is 2. The normalized spacial score (nSPS) is 15.0. The first kappa shape index (κ1) is 34.1. The van der Waals surface area contributed by atoms with Gasteiger partial charge in [0, 0.05) is 59.4 Å². The summed E-state index contributed by atoms with van der Waals surface area (Å²) in [6.45, 7) is 0. The maximum atomic E-state index is 9.13. The Morgan fingerprint density at radius 1 is 0.646 bits per heavy atom. The van der Waals surface area contributed by atoms with Crippen molar-refractivity contribution in [3.05, 3.63) is 133 Å². The van der Waals surface area contributed by atoms with Crippen LogP contribution in [0.2, 0.25) is 5.02 Å². The van der Waals surface area contributed by atoms with Crippen molar-refractivity contribution in [2.24, 2.45) is 5.73 Å². The predicted molar refractivity (Wildman–Crippen MR) is 187 cm³/mol. The lowest BCUT2D eigenvalue weighted by molar-refractivity contribution is 0.304. The molecule has 48 heavy (non-hydrogen) atoms. The van der Waals surface area contributed by atoms with E-state index in [1.165, 1.54) is 19.0 Å². The lowest BCUT2D eigenvalue weighted by atomic mass is 9.95. The van der Waals surface area contributed by atoms with E-state index in [0.29, 0.717) is 28.4 Å². The Hall–Kier alpha value is -5.28. The molecule has 2 aromatic carbocycles. The van der Waals surface area contributed by atoms with Crippen LogP contribution in [0.3, 0.4) is 0 Å². The molecule has 3 aliphatic carbocycles. The van der Waals surface area contributed by atoms with E-state index >= 15 is 0 Å². The Morgan fingerprint density at radius 2 is 1.12 bits per heavy atom. The maximum Gasteiger partial charge on any atom is 0.127 e. The molecule has 0 radical (unpaired) electrons. The van der Waals surface area contributed by atoms with Crippen LogP contribution in [0, 0.1) is 30.1 Å². The fourth-order valence-corrected chi connectivity index (χ4v) is 5.07. The molecule has 2 N–H and O–H groups in total. The molecule has 3 fully saturated rings. The number of nitrogens with two attached hydrogens (primary N) is 1. The number of rotatable bonds is 7. The monoisotopic (exact) mass is 655 g/mol. The van der Waals surface area contributed by atoms with Crippen molar-refractivity contribution in [2.45, 2.75) is 56.3 Å². The molecule has 3 heterocycles. The van der Waals surface area contributed by atoms with E-state index in [0.717, 1.165) is 65.0 Å². The van der Waals surface area contributed by atoms with Crippen LogP contribution in [-0.4, -0.2) is 27.2 Å². The summed E-state index contributed by atoms with van der Waals surface area (Å²) in [5, 5.41) is 17.9. The molecule has 0 unspecified atom stereocenters. The molecule has 9 heteroatoms. The van der Waals surface area contributed by atoms with Gasteiger partial charge in [-0.25, -0.2) is 0 Å². The summed E-state index contributed by atoms with van der Waals surface area (Å²) in [7, 11) is 0. The lowest BCUT2D eigenvalue weighted by Crippen LogP contribution is -2.20. The second-order valence-electron chi connectivity index (χ2n) is 11.7. The van der Waals surface area contributed by atoms with Crippen LogP contribution in [-0.2, 0) is 5.54 Å². The Bertz CT molecular complexity index is 1940. The van der Waals surface area contributed by atoms with Crippen LogP contribution in [0.1, 0.15) is 55.2 Å². The Morgan fingerprint density at radius 3 is 1.62 bits per heavy atom. The molecule has 5 aromatic rings. The standard InChI is InChI=1S/C17H18N2O.C15H12N2O.C6H3ClN2.CH3/c18-17(8-9-17)15-11-19-10-7-13(15)14-3-1-2-4-16(14)20-12-5-6-12;16-9-11-10-17-8-7-13(11)14-3-1-2-4-15(14)18-12-5-6-12;7-6-1-2-9-4-5(6)3-8;/h1-4,7,10-12H,5-6,8-9,18H2;1-4,7-8,10,12H,5-6H2;1-2,4H;1H3/q;;;-1. The molecule has 3 aromatic heterocycles. The molecule has 0 amide bonds. The topological polar surface area (TPSA) is 131 Å². The molecule has 0 saturated heterocycles. The number of nitriles is 2. The summed E-state index contributed by atoms with van der Waals surface area (Å²) in [5.41, 5.74) is 12.5. The zero-order valence-electron chi connectivity index (χ0n) is 26.7. The fourth-order valence-electron chi connectivity index (χ4n) is 4.92. The van der Waals surface area contributed by atoms with Gasteiger partial charge in [-0.3, -0.25) is 15.0 Å². The van der Waals surface area contributed by atoms with Crippen LogP contribution >= 0.6 is 11.6 Å². The van der Waals surface area contributed by atoms with E-state index in [2.05, 4.69) is 39.2 Å². The second kappa shape index (κ2) is 15.5. The number of halogens is 1. The van der Waals surface area contributed by atoms with Crippen molar-refractivity contribution >= 4 is 11.6 Å². The summed E-state index contributed by atoms with van der Waals surface area (Å²) < 4.78 is 11.9. The highest BCUT2D eigenvalue weighted by Gasteiger charge is 2.42. The van der Waals surface area contributed by atoms with Gasteiger partial charge in [-0.05, 0) is 80.0 Å². The highest BCUT2D eigenvalue weighted by molar-refractivity contribution is 6.31. The Labute approximate surface area is 286 Å². The third-order valence-corrected chi connectivity index (χ3v) is 8.30. The van der Waals surface area contributed by atoms with Crippen LogP contribution in [0.15, 0.2) is 104 Å². The van der Waals surface area contributed by atoms with E-state index in [-0.39, 0.29) is 13.0 Å². The third kappa shape index (κ3) is 8.54. The number of pyridine rings is 3. The largest absolute Gasteiger partial charge is 0.490 e. The van der Waals surface area contributed by atoms with Crippen LogP contribution in [0.25, 0.3) is 22.3 Å². The SMILES string of the molecule is N#Cc1cnccc1-c1ccccc1OC1CC1.N#Cc1cnccc1Cl.NC1(c2cnccc2-c2ccccc2OC2CC2)CC1.[CH3-]. The van der Waals surface area contributed by atoms with Gasteiger partial charge < -0.3 is 22.6 Å². The van der Waals surface area contributed by atoms with Gasteiger partial charge in [-0.2, -0.15) is 10.5 Å². The number of hydrogen-bond donors (Lipinski definition) is 1. The zero-order valence-corrected chi connectivity index (χ0v) is 27.5. The smallest absolute Gasteiger partial charge is 0.127 e. The summed E-state index contributed by atoms with van der Waals surface area (Å²) in [5.74, 6) is 1.81. The van der Waals surface area contributed by atoms with Crippen molar-refractivity contribution in [1.29, 1.82) is 10.5 Å². The third-order valence-electron chi connectivity index (χ3n) is 7.97. The Kier molecular flexibility index (Phi) is 11.0. The highest BCUT2D eigenvalue weighted by Crippen LogP contribution is 2.47. The molecule has 3 saturated carbocycles.